The van der Waals surface area contributed by atoms with E-state index in [0.717, 1.165) is 18.2 Å². The Hall–Kier alpha value is -3.79. The average molecular weight is 544 g/mol. The highest BCUT2D eigenvalue weighted by molar-refractivity contribution is 6.13. The number of allylic oxidation sites excluding steroid dienone is 1. The molecule has 2 amide bonds. The number of benzene rings is 2. The first-order valence-corrected chi connectivity index (χ1v) is 12.8. The van der Waals surface area contributed by atoms with E-state index >= 15 is 8.78 Å². The van der Waals surface area contributed by atoms with Crippen molar-refractivity contribution in [3.05, 3.63) is 71.4 Å². The molecule has 3 rings (SSSR count). The van der Waals surface area contributed by atoms with Crippen LogP contribution in [0.4, 0.5) is 13.6 Å². The number of hydrogen-bond donors (Lipinski definition) is 3. The summed E-state index contributed by atoms with van der Waals surface area (Å²) in [6.07, 6.45) is 1.25. The summed E-state index contributed by atoms with van der Waals surface area (Å²) in [6, 6.07) is 12.0. The van der Waals surface area contributed by atoms with E-state index in [0.29, 0.717) is 24.3 Å². The molecule has 3 N–H and O–H groups in total. The molecule has 1 unspecified atom stereocenters. The van der Waals surface area contributed by atoms with Gasteiger partial charge in [0.05, 0.1) is 12.2 Å². The summed E-state index contributed by atoms with van der Waals surface area (Å²) >= 11 is 0. The van der Waals surface area contributed by atoms with Crippen LogP contribution >= 0.6 is 0 Å². The third-order valence-electron chi connectivity index (χ3n) is 5.87. The number of aliphatic imine (C=N–C) groups is 1. The molecule has 0 aliphatic carbocycles. The first-order chi connectivity index (χ1) is 18.3. The van der Waals surface area contributed by atoms with Crippen LogP contribution in [0.15, 0.2) is 65.3 Å². The number of rotatable bonds is 10. The molecule has 0 spiro atoms. The second-order valence-corrected chi connectivity index (χ2v) is 10.3. The molecule has 10 heteroatoms. The highest BCUT2D eigenvalue weighted by Gasteiger charge is 2.59. The van der Waals surface area contributed by atoms with Crippen LogP contribution in [0.2, 0.25) is 0 Å². The number of alkyl carbamates (subject to hydrolysis) is 1. The van der Waals surface area contributed by atoms with Gasteiger partial charge in [0.15, 0.2) is 0 Å². The first-order valence-electron chi connectivity index (χ1n) is 12.8. The van der Waals surface area contributed by atoms with E-state index in [2.05, 4.69) is 15.6 Å². The summed E-state index contributed by atoms with van der Waals surface area (Å²) in [6.45, 7) is 6.19. The van der Waals surface area contributed by atoms with E-state index in [-0.39, 0.29) is 12.0 Å². The Kier molecular flexibility index (Phi) is 9.45. The van der Waals surface area contributed by atoms with Crippen molar-refractivity contribution >= 4 is 23.8 Å². The van der Waals surface area contributed by atoms with Crippen LogP contribution in [0.1, 0.15) is 58.1 Å². The number of ether oxygens (including phenoxy) is 2. The van der Waals surface area contributed by atoms with Crippen molar-refractivity contribution in [3.63, 3.8) is 0 Å². The van der Waals surface area contributed by atoms with E-state index < -0.39 is 41.5 Å². The molecule has 1 aliphatic rings. The Morgan fingerprint density at radius 3 is 2.33 bits per heavy atom. The second kappa shape index (κ2) is 12.4. The van der Waals surface area contributed by atoms with Crippen molar-refractivity contribution < 1.29 is 33.0 Å². The smallest absolute Gasteiger partial charge is 0.412 e. The van der Waals surface area contributed by atoms with Crippen LogP contribution < -0.4 is 15.4 Å². The molecule has 1 heterocycles. The topological polar surface area (TPSA) is 109 Å². The number of dihydropyridines is 1. The molecule has 0 saturated heterocycles. The van der Waals surface area contributed by atoms with Crippen LogP contribution in [0.3, 0.4) is 0 Å². The van der Waals surface area contributed by atoms with Gasteiger partial charge in [-0.15, -0.1) is 0 Å². The standard InChI is InChI=1S/C29H35F2N3O5/c1-5-6-12-24(35)32-19-28(37)25(34-26(36)39-27(2,3)4)23(17-33-29(28,30)31)21-13-15-22(16-14-21)38-18-20-10-8-7-9-11-20/h7-11,13-17,37H,5-6,12,18-19H2,1-4H3,(H,32,35)(H,34,36). The Morgan fingerprint density at radius 1 is 1.05 bits per heavy atom. The van der Waals surface area contributed by atoms with Gasteiger partial charge >= 0.3 is 12.1 Å². The molecule has 0 aromatic heterocycles. The predicted octanol–water partition coefficient (Wildman–Crippen LogP) is 5.22. The van der Waals surface area contributed by atoms with E-state index in [4.69, 9.17) is 9.47 Å². The number of aliphatic hydroxyl groups is 1. The van der Waals surface area contributed by atoms with Gasteiger partial charge in [0.2, 0.25) is 11.5 Å². The van der Waals surface area contributed by atoms with Gasteiger partial charge in [0, 0.05) is 18.2 Å². The van der Waals surface area contributed by atoms with Crippen LogP contribution in [0.5, 0.6) is 5.75 Å². The van der Waals surface area contributed by atoms with E-state index in [1.165, 1.54) is 0 Å². The number of nitrogens with one attached hydrogen (secondary N) is 2. The number of halogens is 2. The number of nitrogens with zero attached hydrogens (tertiary/aromatic N) is 1. The monoisotopic (exact) mass is 543 g/mol. The molecule has 210 valence electrons. The minimum absolute atomic E-state index is 0.0340. The van der Waals surface area contributed by atoms with Crippen molar-refractivity contribution in [2.24, 2.45) is 4.99 Å². The van der Waals surface area contributed by atoms with Crippen molar-refractivity contribution in [3.8, 4) is 5.75 Å². The number of unbranched alkanes of at least 4 members (excludes halogenated alkanes) is 1. The summed E-state index contributed by atoms with van der Waals surface area (Å²) in [5.41, 5.74) is -3.14. The summed E-state index contributed by atoms with van der Waals surface area (Å²) in [5, 5.41) is 16.0. The molecule has 0 fully saturated rings. The second-order valence-electron chi connectivity index (χ2n) is 10.3. The number of carbonyl (C=O) groups is 2. The summed E-state index contributed by atoms with van der Waals surface area (Å²) < 4.78 is 41.4. The lowest BCUT2D eigenvalue weighted by Crippen LogP contribution is -2.61. The number of hydrogen-bond acceptors (Lipinski definition) is 6. The number of carbonyl (C=O) groups excluding carboxylic acids is 2. The summed E-state index contributed by atoms with van der Waals surface area (Å²) in [4.78, 5) is 28.2. The minimum atomic E-state index is -4.06. The predicted molar refractivity (Wildman–Crippen MR) is 144 cm³/mol. The Labute approximate surface area is 227 Å². The SMILES string of the molecule is CCCCC(=O)NCC1(O)C(NC(=O)OC(C)(C)C)=C(c2ccc(OCc3ccccc3)cc2)C=NC1(F)F. The van der Waals surface area contributed by atoms with Crippen molar-refractivity contribution in [2.45, 2.75) is 70.8 Å². The third-order valence-corrected chi connectivity index (χ3v) is 5.87. The maximum absolute atomic E-state index is 15.2. The zero-order chi connectivity index (χ0) is 28.7. The first kappa shape index (κ1) is 29.8. The van der Waals surface area contributed by atoms with E-state index in [9.17, 15) is 14.7 Å². The van der Waals surface area contributed by atoms with E-state index in [1.54, 1.807) is 45.0 Å². The van der Waals surface area contributed by atoms with Gasteiger partial charge < -0.3 is 19.9 Å². The van der Waals surface area contributed by atoms with Crippen molar-refractivity contribution in [2.75, 3.05) is 6.54 Å². The van der Waals surface area contributed by atoms with Gasteiger partial charge in [-0.2, -0.15) is 8.78 Å². The molecule has 0 saturated carbocycles. The van der Waals surface area contributed by atoms with Gasteiger partial charge in [-0.25, -0.2) is 9.79 Å². The highest BCUT2D eigenvalue weighted by Crippen LogP contribution is 2.41. The van der Waals surface area contributed by atoms with Crippen LogP contribution in [0, 0.1) is 0 Å². The molecule has 8 nitrogen and oxygen atoms in total. The van der Waals surface area contributed by atoms with Crippen LogP contribution in [0.25, 0.3) is 5.57 Å². The lowest BCUT2D eigenvalue weighted by molar-refractivity contribution is -0.157. The Balaban J connectivity index is 1.95. The summed E-state index contributed by atoms with van der Waals surface area (Å²) in [7, 11) is 0. The fourth-order valence-corrected chi connectivity index (χ4v) is 3.80. The molecule has 0 radical (unpaired) electrons. The minimum Gasteiger partial charge on any atom is -0.489 e. The molecular formula is C29H35F2N3O5. The lowest BCUT2D eigenvalue weighted by atomic mass is 9.87. The largest absolute Gasteiger partial charge is 0.489 e. The number of alkyl halides is 2. The maximum Gasteiger partial charge on any atom is 0.412 e. The highest BCUT2D eigenvalue weighted by atomic mass is 19.3. The zero-order valence-corrected chi connectivity index (χ0v) is 22.6. The Morgan fingerprint density at radius 2 is 1.72 bits per heavy atom. The molecule has 2 aromatic carbocycles. The van der Waals surface area contributed by atoms with Gasteiger partial charge in [-0.05, 0) is 50.5 Å². The lowest BCUT2D eigenvalue weighted by Gasteiger charge is -2.39. The van der Waals surface area contributed by atoms with Crippen LogP contribution in [-0.2, 0) is 16.1 Å². The Bertz CT molecular complexity index is 1210. The van der Waals surface area contributed by atoms with Crippen LogP contribution in [-0.4, -0.2) is 47.1 Å². The molecule has 1 atom stereocenters. The number of amides is 2. The normalized spacial score (nSPS) is 18.4. The average Bonchev–Trinajstić information content (AvgIpc) is 2.88. The van der Waals surface area contributed by atoms with Gasteiger partial charge in [-0.3, -0.25) is 10.1 Å². The quantitative estimate of drug-likeness (QED) is 0.356. The molecule has 1 aliphatic heterocycles. The van der Waals surface area contributed by atoms with Crippen molar-refractivity contribution in [1.82, 2.24) is 10.6 Å². The molecule has 39 heavy (non-hydrogen) atoms. The molecular weight excluding hydrogens is 508 g/mol. The fourth-order valence-electron chi connectivity index (χ4n) is 3.80. The maximum atomic E-state index is 15.2. The van der Waals surface area contributed by atoms with Gasteiger partial charge in [0.1, 0.15) is 18.0 Å². The third kappa shape index (κ3) is 7.86. The molecule has 0 bridgehead atoms. The summed E-state index contributed by atoms with van der Waals surface area (Å²) in [5.74, 6) is 0.0232. The van der Waals surface area contributed by atoms with Gasteiger partial charge in [0.25, 0.3) is 0 Å². The van der Waals surface area contributed by atoms with Crippen molar-refractivity contribution in [1.29, 1.82) is 0 Å². The zero-order valence-electron chi connectivity index (χ0n) is 22.6. The molecule has 2 aromatic rings. The fraction of sp³-hybridized carbons (Fsp3) is 0.414. The van der Waals surface area contributed by atoms with E-state index in [1.807, 2.05) is 37.3 Å². The van der Waals surface area contributed by atoms with Gasteiger partial charge in [-0.1, -0.05) is 55.8 Å².